The molecule has 1 N–H and O–H groups in total. The lowest BCUT2D eigenvalue weighted by Gasteiger charge is -2.07. The monoisotopic (exact) mass is 403 g/mol. The zero-order chi connectivity index (χ0) is 18.6. The molecule has 130 valence electrons. The van der Waals surface area contributed by atoms with Crippen LogP contribution in [0.3, 0.4) is 0 Å². The Balaban J connectivity index is 2.00. The molecular formula is C14H8Cl3N3O5. The summed E-state index contributed by atoms with van der Waals surface area (Å²) in [7, 11) is 0. The van der Waals surface area contributed by atoms with E-state index in [-0.39, 0.29) is 32.1 Å². The first kappa shape index (κ1) is 18.9. The number of benzene rings is 1. The Morgan fingerprint density at radius 3 is 2.60 bits per heavy atom. The van der Waals surface area contributed by atoms with Gasteiger partial charge in [0, 0.05) is 17.3 Å². The lowest BCUT2D eigenvalue weighted by atomic mass is 10.2. The predicted molar refractivity (Wildman–Crippen MR) is 91.3 cm³/mol. The van der Waals surface area contributed by atoms with Crippen LogP contribution in [0.1, 0.15) is 10.4 Å². The molecule has 0 aliphatic carbocycles. The third-order valence-corrected chi connectivity index (χ3v) is 3.72. The number of pyridine rings is 1. The first-order valence-corrected chi connectivity index (χ1v) is 7.63. The van der Waals surface area contributed by atoms with E-state index in [4.69, 9.17) is 39.5 Å². The molecular weight excluding hydrogens is 397 g/mol. The van der Waals surface area contributed by atoms with E-state index < -0.39 is 23.4 Å². The average molecular weight is 405 g/mol. The summed E-state index contributed by atoms with van der Waals surface area (Å²) < 4.78 is 4.79. The number of nitrogens with zero attached hydrogens (tertiary/aromatic N) is 2. The van der Waals surface area contributed by atoms with Crippen LogP contribution in [0.15, 0.2) is 30.5 Å². The molecule has 0 bridgehead atoms. The topological polar surface area (TPSA) is 111 Å². The molecule has 2 rings (SSSR count). The van der Waals surface area contributed by atoms with E-state index >= 15 is 0 Å². The van der Waals surface area contributed by atoms with Crippen molar-refractivity contribution in [3.63, 3.8) is 0 Å². The molecule has 1 aromatic heterocycles. The minimum absolute atomic E-state index is 0.000302. The van der Waals surface area contributed by atoms with Crippen LogP contribution in [0, 0.1) is 10.1 Å². The largest absolute Gasteiger partial charge is 0.452 e. The smallest absolute Gasteiger partial charge is 0.340 e. The maximum atomic E-state index is 11.8. The van der Waals surface area contributed by atoms with Gasteiger partial charge in [0.15, 0.2) is 6.61 Å². The molecule has 0 atom stereocenters. The third-order valence-electron chi connectivity index (χ3n) is 2.80. The van der Waals surface area contributed by atoms with Crippen molar-refractivity contribution in [3.05, 3.63) is 61.3 Å². The summed E-state index contributed by atoms with van der Waals surface area (Å²) >= 11 is 17.0. The van der Waals surface area contributed by atoms with E-state index in [0.717, 1.165) is 12.3 Å². The van der Waals surface area contributed by atoms with Gasteiger partial charge in [-0.3, -0.25) is 14.9 Å². The summed E-state index contributed by atoms with van der Waals surface area (Å²) in [5.74, 6) is -1.63. The molecule has 8 nitrogen and oxygen atoms in total. The summed E-state index contributed by atoms with van der Waals surface area (Å²) in [5, 5.41) is 13.4. The number of ether oxygens (including phenoxy) is 1. The highest BCUT2D eigenvalue weighted by molar-refractivity contribution is 6.41. The highest BCUT2D eigenvalue weighted by atomic mass is 35.5. The molecule has 1 aromatic carbocycles. The molecule has 0 aliphatic rings. The molecule has 0 spiro atoms. The zero-order valence-electron chi connectivity index (χ0n) is 12.2. The van der Waals surface area contributed by atoms with Crippen LogP contribution in [0.25, 0.3) is 0 Å². The van der Waals surface area contributed by atoms with E-state index in [2.05, 4.69) is 10.3 Å². The van der Waals surface area contributed by atoms with E-state index in [1.165, 1.54) is 18.2 Å². The van der Waals surface area contributed by atoms with Crippen molar-refractivity contribution in [2.75, 3.05) is 11.9 Å². The fourth-order valence-corrected chi connectivity index (χ4v) is 2.13. The number of nitrogens with one attached hydrogen (secondary N) is 1. The van der Waals surface area contributed by atoms with Crippen LogP contribution in [0.2, 0.25) is 15.2 Å². The maximum Gasteiger partial charge on any atom is 0.340 e. The molecule has 0 radical (unpaired) electrons. The number of halogens is 3. The molecule has 1 amide bonds. The SMILES string of the molecule is O=C(COC(=O)c1cnc(Cl)c(Cl)c1)Nc1ccc(Cl)cc1[N+](=O)[O-]. The Labute approximate surface area is 155 Å². The number of carbonyl (C=O) groups excluding carboxylic acids is 2. The minimum Gasteiger partial charge on any atom is -0.452 e. The Morgan fingerprint density at radius 2 is 1.96 bits per heavy atom. The number of hydrogen-bond donors (Lipinski definition) is 1. The number of amides is 1. The van der Waals surface area contributed by atoms with Crippen molar-refractivity contribution in [2.24, 2.45) is 0 Å². The van der Waals surface area contributed by atoms with Gasteiger partial charge in [0.2, 0.25) is 0 Å². The molecule has 2 aromatic rings. The Kier molecular flexibility index (Phi) is 6.13. The highest BCUT2D eigenvalue weighted by Gasteiger charge is 2.18. The number of nitro groups is 1. The van der Waals surface area contributed by atoms with E-state index in [9.17, 15) is 19.7 Å². The number of nitro benzene ring substituents is 1. The van der Waals surface area contributed by atoms with Gasteiger partial charge < -0.3 is 10.1 Å². The predicted octanol–water partition coefficient (Wildman–Crippen LogP) is 3.75. The number of hydrogen-bond acceptors (Lipinski definition) is 6. The van der Waals surface area contributed by atoms with Crippen LogP contribution in [-0.4, -0.2) is 28.4 Å². The van der Waals surface area contributed by atoms with E-state index in [1.807, 2.05) is 0 Å². The molecule has 0 aliphatic heterocycles. The van der Waals surface area contributed by atoms with Gasteiger partial charge in [-0.2, -0.15) is 0 Å². The maximum absolute atomic E-state index is 11.8. The van der Waals surface area contributed by atoms with Gasteiger partial charge in [-0.25, -0.2) is 9.78 Å². The van der Waals surface area contributed by atoms with Crippen molar-refractivity contribution >= 4 is 58.1 Å². The number of aromatic nitrogens is 1. The van der Waals surface area contributed by atoms with Gasteiger partial charge >= 0.3 is 5.97 Å². The second-order valence-electron chi connectivity index (χ2n) is 4.54. The van der Waals surface area contributed by atoms with Crippen molar-refractivity contribution < 1.29 is 19.2 Å². The van der Waals surface area contributed by atoms with Gasteiger partial charge in [-0.15, -0.1) is 0 Å². The van der Waals surface area contributed by atoms with E-state index in [1.54, 1.807) is 0 Å². The number of rotatable bonds is 5. The molecule has 1 heterocycles. The molecule has 0 saturated carbocycles. The van der Waals surface area contributed by atoms with Crippen LogP contribution < -0.4 is 5.32 Å². The lowest BCUT2D eigenvalue weighted by Crippen LogP contribution is -2.21. The van der Waals surface area contributed by atoms with Crippen molar-refractivity contribution in [2.45, 2.75) is 0 Å². The van der Waals surface area contributed by atoms with Gasteiger partial charge in [0.1, 0.15) is 10.8 Å². The summed E-state index contributed by atoms with van der Waals surface area (Å²) in [5.41, 5.74) is -0.466. The van der Waals surface area contributed by atoms with E-state index in [0.29, 0.717) is 0 Å². The summed E-state index contributed by atoms with van der Waals surface area (Å²) in [6.45, 7) is -0.668. The van der Waals surface area contributed by atoms with Crippen LogP contribution in [0.5, 0.6) is 0 Å². The summed E-state index contributed by atoms with van der Waals surface area (Å²) in [6, 6.07) is 4.96. The number of carbonyl (C=O) groups is 2. The van der Waals surface area contributed by atoms with Gasteiger partial charge in [0.05, 0.1) is 15.5 Å². The second kappa shape index (κ2) is 8.11. The standard InChI is InChI=1S/C14H8Cl3N3O5/c15-8-1-2-10(11(4-8)20(23)24)19-12(21)6-25-14(22)7-3-9(16)13(17)18-5-7/h1-5H,6H2,(H,19,21). The molecule has 0 fully saturated rings. The number of anilines is 1. The first-order valence-electron chi connectivity index (χ1n) is 6.50. The third kappa shape index (κ3) is 5.02. The average Bonchev–Trinajstić information content (AvgIpc) is 2.56. The Hall–Kier alpha value is -2.42. The normalized spacial score (nSPS) is 10.2. The summed E-state index contributed by atoms with van der Waals surface area (Å²) in [6.07, 6.45) is 1.14. The zero-order valence-corrected chi connectivity index (χ0v) is 14.4. The van der Waals surface area contributed by atoms with Crippen LogP contribution in [-0.2, 0) is 9.53 Å². The minimum atomic E-state index is -0.855. The Bertz CT molecular complexity index is 860. The lowest BCUT2D eigenvalue weighted by molar-refractivity contribution is -0.383. The quantitative estimate of drug-likeness (QED) is 0.351. The fraction of sp³-hybridized carbons (Fsp3) is 0.0714. The second-order valence-corrected chi connectivity index (χ2v) is 5.74. The van der Waals surface area contributed by atoms with Gasteiger partial charge in [0.25, 0.3) is 11.6 Å². The number of esters is 1. The van der Waals surface area contributed by atoms with Crippen LogP contribution >= 0.6 is 34.8 Å². The van der Waals surface area contributed by atoms with Gasteiger partial charge in [-0.05, 0) is 18.2 Å². The Morgan fingerprint density at radius 1 is 1.24 bits per heavy atom. The van der Waals surface area contributed by atoms with Crippen molar-refractivity contribution in [1.29, 1.82) is 0 Å². The highest BCUT2D eigenvalue weighted by Crippen LogP contribution is 2.27. The van der Waals surface area contributed by atoms with Gasteiger partial charge in [-0.1, -0.05) is 34.8 Å². The van der Waals surface area contributed by atoms with Crippen molar-refractivity contribution in [1.82, 2.24) is 4.98 Å². The molecule has 0 unspecified atom stereocenters. The summed E-state index contributed by atoms with van der Waals surface area (Å²) in [4.78, 5) is 37.6. The van der Waals surface area contributed by atoms with Crippen molar-refractivity contribution in [3.8, 4) is 0 Å². The molecule has 0 saturated heterocycles. The molecule has 25 heavy (non-hydrogen) atoms. The molecule has 11 heteroatoms. The fourth-order valence-electron chi connectivity index (χ4n) is 1.70. The van der Waals surface area contributed by atoms with Crippen LogP contribution in [0.4, 0.5) is 11.4 Å². The first-order chi connectivity index (χ1) is 11.8.